The lowest BCUT2D eigenvalue weighted by atomic mass is 10.1. The van der Waals surface area contributed by atoms with Gasteiger partial charge in [0.05, 0.1) is 0 Å². The predicted octanol–water partition coefficient (Wildman–Crippen LogP) is 1.54. The Labute approximate surface area is 117 Å². The van der Waals surface area contributed by atoms with E-state index in [1.807, 2.05) is 29.3 Å². The molecule has 0 bridgehead atoms. The topological polar surface area (TPSA) is 62.5 Å². The van der Waals surface area contributed by atoms with Gasteiger partial charge >= 0.3 is 0 Å². The normalized spacial score (nSPS) is 15.5. The Balaban J connectivity index is 1.50. The van der Waals surface area contributed by atoms with Gasteiger partial charge in [0, 0.05) is 32.3 Å². The molecule has 6 nitrogen and oxygen atoms in total. The van der Waals surface area contributed by atoms with Crippen molar-refractivity contribution < 1.29 is 4.79 Å². The second-order valence-electron chi connectivity index (χ2n) is 5.06. The number of fused-ring (bicyclic) bond motifs is 1. The molecule has 3 rings (SSSR count). The summed E-state index contributed by atoms with van der Waals surface area (Å²) >= 11 is 0. The SMILES string of the molecule is O=C(CCNc1nc2ccccn2n1)N1CCCCC1. The number of anilines is 1. The molecule has 0 saturated carbocycles. The molecule has 3 heterocycles. The van der Waals surface area contributed by atoms with Crippen molar-refractivity contribution in [3.63, 3.8) is 0 Å². The number of carbonyl (C=O) groups excluding carboxylic acids is 1. The van der Waals surface area contributed by atoms with Gasteiger partial charge in [-0.25, -0.2) is 4.52 Å². The Morgan fingerprint density at radius 3 is 2.90 bits per heavy atom. The molecule has 1 fully saturated rings. The zero-order chi connectivity index (χ0) is 13.8. The van der Waals surface area contributed by atoms with Gasteiger partial charge in [-0.1, -0.05) is 6.07 Å². The zero-order valence-electron chi connectivity index (χ0n) is 11.5. The van der Waals surface area contributed by atoms with Gasteiger partial charge in [0.1, 0.15) is 0 Å². The fourth-order valence-corrected chi connectivity index (χ4v) is 2.49. The number of likely N-dealkylation sites (tertiary alicyclic amines) is 1. The molecule has 2 aromatic heterocycles. The molecule has 2 aromatic rings. The van der Waals surface area contributed by atoms with Gasteiger partial charge in [0.2, 0.25) is 11.9 Å². The molecule has 0 atom stereocenters. The van der Waals surface area contributed by atoms with E-state index in [9.17, 15) is 4.79 Å². The zero-order valence-corrected chi connectivity index (χ0v) is 11.5. The second kappa shape index (κ2) is 5.90. The maximum Gasteiger partial charge on any atom is 0.243 e. The van der Waals surface area contributed by atoms with Crippen molar-refractivity contribution in [2.75, 3.05) is 25.0 Å². The first-order chi connectivity index (χ1) is 9.83. The van der Waals surface area contributed by atoms with Crippen molar-refractivity contribution in [3.05, 3.63) is 24.4 Å². The summed E-state index contributed by atoms with van der Waals surface area (Å²) in [6.45, 7) is 2.39. The molecule has 0 radical (unpaired) electrons. The summed E-state index contributed by atoms with van der Waals surface area (Å²) in [7, 11) is 0. The van der Waals surface area contributed by atoms with Crippen LogP contribution in [0.25, 0.3) is 5.65 Å². The number of piperidine rings is 1. The Hall–Kier alpha value is -2.11. The maximum absolute atomic E-state index is 12.0. The van der Waals surface area contributed by atoms with E-state index in [0.29, 0.717) is 18.9 Å². The van der Waals surface area contributed by atoms with Crippen LogP contribution in [0.5, 0.6) is 0 Å². The molecule has 6 heteroatoms. The number of rotatable bonds is 4. The van der Waals surface area contributed by atoms with Crippen LogP contribution in [0.1, 0.15) is 25.7 Å². The van der Waals surface area contributed by atoms with Gasteiger partial charge in [0.25, 0.3) is 0 Å². The van der Waals surface area contributed by atoms with Crippen molar-refractivity contribution in [2.45, 2.75) is 25.7 Å². The second-order valence-corrected chi connectivity index (χ2v) is 5.06. The van der Waals surface area contributed by atoms with Crippen molar-refractivity contribution in [1.82, 2.24) is 19.5 Å². The van der Waals surface area contributed by atoms with Crippen LogP contribution in [-0.2, 0) is 4.79 Å². The molecule has 0 spiro atoms. The summed E-state index contributed by atoms with van der Waals surface area (Å²) < 4.78 is 1.72. The number of nitrogens with zero attached hydrogens (tertiary/aromatic N) is 4. The maximum atomic E-state index is 12.0. The molecular weight excluding hydrogens is 254 g/mol. The van der Waals surface area contributed by atoms with Gasteiger partial charge in [0.15, 0.2) is 5.65 Å². The van der Waals surface area contributed by atoms with Crippen LogP contribution in [0.15, 0.2) is 24.4 Å². The van der Waals surface area contributed by atoms with Gasteiger partial charge in [-0.15, -0.1) is 5.10 Å². The summed E-state index contributed by atoms with van der Waals surface area (Å²) in [6.07, 6.45) is 5.86. The fraction of sp³-hybridized carbons (Fsp3) is 0.500. The van der Waals surface area contributed by atoms with Crippen LogP contribution in [0.2, 0.25) is 0 Å². The first-order valence-corrected chi connectivity index (χ1v) is 7.16. The van der Waals surface area contributed by atoms with E-state index in [4.69, 9.17) is 0 Å². The molecule has 0 unspecified atom stereocenters. The van der Waals surface area contributed by atoms with Crippen LogP contribution in [0.4, 0.5) is 5.95 Å². The smallest absolute Gasteiger partial charge is 0.243 e. The van der Waals surface area contributed by atoms with Crippen molar-refractivity contribution in [3.8, 4) is 0 Å². The summed E-state index contributed by atoms with van der Waals surface area (Å²) in [5.41, 5.74) is 0.803. The van der Waals surface area contributed by atoms with Crippen LogP contribution in [-0.4, -0.2) is 45.0 Å². The number of nitrogens with one attached hydrogen (secondary N) is 1. The lowest BCUT2D eigenvalue weighted by Gasteiger charge is -2.26. The number of amides is 1. The van der Waals surface area contributed by atoms with Gasteiger partial charge in [-0.2, -0.15) is 4.98 Å². The monoisotopic (exact) mass is 273 g/mol. The molecule has 1 saturated heterocycles. The van der Waals surface area contributed by atoms with E-state index in [1.165, 1.54) is 6.42 Å². The van der Waals surface area contributed by atoms with Gasteiger partial charge in [-0.3, -0.25) is 4.79 Å². The average Bonchev–Trinajstić information content (AvgIpc) is 2.90. The standard InChI is InChI=1S/C14H19N5O/c20-13(18-9-3-1-4-10-18)7-8-15-14-16-12-6-2-5-11-19(12)17-14/h2,5-6,11H,1,3-4,7-10H2,(H,15,17). The van der Waals surface area contributed by atoms with E-state index in [-0.39, 0.29) is 5.91 Å². The molecule has 1 N–H and O–H groups in total. The Morgan fingerprint density at radius 2 is 2.10 bits per heavy atom. The number of hydrogen-bond donors (Lipinski definition) is 1. The molecule has 1 aliphatic rings. The quantitative estimate of drug-likeness (QED) is 0.918. The summed E-state index contributed by atoms with van der Waals surface area (Å²) in [4.78, 5) is 18.3. The van der Waals surface area contributed by atoms with E-state index >= 15 is 0 Å². The van der Waals surface area contributed by atoms with Crippen molar-refractivity contribution in [2.24, 2.45) is 0 Å². The largest absolute Gasteiger partial charge is 0.352 e. The van der Waals surface area contributed by atoms with E-state index < -0.39 is 0 Å². The summed E-state index contributed by atoms with van der Waals surface area (Å²) in [6, 6.07) is 5.73. The van der Waals surface area contributed by atoms with E-state index in [2.05, 4.69) is 15.4 Å². The van der Waals surface area contributed by atoms with E-state index in [1.54, 1.807) is 4.52 Å². The third-order valence-corrected chi connectivity index (χ3v) is 3.57. The third-order valence-electron chi connectivity index (χ3n) is 3.57. The summed E-state index contributed by atoms with van der Waals surface area (Å²) in [5, 5.41) is 7.41. The number of carbonyl (C=O) groups is 1. The molecule has 0 aromatic carbocycles. The molecular formula is C14H19N5O. The minimum Gasteiger partial charge on any atom is -0.352 e. The highest BCUT2D eigenvalue weighted by molar-refractivity contribution is 5.76. The fourth-order valence-electron chi connectivity index (χ4n) is 2.49. The van der Waals surface area contributed by atoms with Crippen molar-refractivity contribution >= 4 is 17.5 Å². The molecule has 106 valence electrons. The molecule has 20 heavy (non-hydrogen) atoms. The Morgan fingerprint density at radius 1 is 1.25 bits per heavy atom. The van der Waals surface area contributed by atoms with Gasteiger partial charge in [-0.05, 0) is 31.4 Å². The van der Waals surface area contributed by atoms with Gasteiger partial charge < -0.3 is 10.2 Å². The Bertz CT molecular complexity index is 555. The van der Waals surface area contributed by atoms with Crippen LogP contribution in [0, 0.1) is 0 Å². The number of pyridine rings is 1. The average molecular weight is 273 g/mol. The summed E-state index contributed by atoms with van der Waals surface area (Å²) in [5.74, 6) is 0.795. The molecule has 1 aliphatic heterocycles. The highest BCUT2D eigenvalue weighted by atomic mass is 16.2. The van der Waals surface area contributed by atoms with Crippen LogP contribution < -0.4 is 5.32 Å². The lowest BCUT2D eigenvalue weighted by Crippen LogP contribution is -2.36. The van der Waals surface area contributed by atoms with E-state index in [0.717, 1.165) is 31.6 Å². The number of hydrogen-bond acceptors (Lipinski definition) is 4. The highest BCUT2D eigenvalue weighted by Crippen LogP contribution is 2.10. The first kappa shape index (κ1) is 12.9. The molecule has 1 amide bonds. The Kier molecular flexibility index (Phi) is 3.80. The van der Waals surface area contributed by atoms with Crippen LogP contribution in [0.3, 0.4) is 0 Å². The predicted molar refractivity (Wildman–Crippen MR) is 76.5 cm³/mol. The number of aromatic nitrogens is 3. The first-order valence-electron chi connectivity index (χ1n) is 7.16. The molecule has 0 aliphatic carbocycles. The minimum absolute atomic E-state index is 0.223. The lowest BCUT2D eigenvalue weighted by molar-refractivity contribution is -0.131. The highest BCUT2D eigenvalue weighted by Gasteiger charge is 2.15. The van der Waals surface area contributed by atoms with Crippen molar-refractivity contribution in [1.29, 1.82) is 0 Å². The minimum atomic E-state index is 0.223. The van der Waals surface area contributed by atoms with Crippen LogP contribution >= 0.6 is 0 Å². The third kappa shape index (κ3) is 2.89.